The van der Waals surface area contributed by atoms with Crippen LogP contribution >= 0.6 is 35.2 Å². The number of halogens is 1. The zero-order valence-electron chi connectivity index (χ0n) is 14.8. The van der Waals surface area contributed by atoms with Crippen molar-refractivity contribution >= 4 is 55.7 Å². The van der Waals surface area contributed by atoms with Crippen molar-refractivity contribution in [2.24, 2.45) is 11.0 Å². The molecule has 0 spiro atoms. The summed E-state index contributed by atoms with van der Waals surface area (Å²) in [5.41, 5.74) is 4.52. The van der Waals surface area contributed by atoms with Crippen molar-refractivity contribution in [3.8, 4) is 0 Å². The Morgan fingerprint density at radius 1 is 1.23 bits per heavy atom. The maximum atomic E-state index is 11.9. The summed E-state index contributed by atoms with van der Waals surface area (Å²) in [5.74, 6) is 0.344. The van der Waals surface area contributed by atoms with Crippen LogP contribution in [0.3, 0.4) is 0 Å². The molecule has 0 atom stereocenters. The third-order valence-corrected chi connectivity index (χ3v) is 7.34. The maximum absolute atomic E-state index is 11.9. The van der Waals surface area contributed by atoms with Crippen molar-refractivity contribution < 1.29 is 8.42 Å². The summed E-state index contributed by atoms with van der Waals surface area (Å²) >= 11 is 12.7. The second-order valence-electron chi connectivity index (χ2n) is 6.04. The predicted octanol–water partition coefficient (Wildman–Crippen LogP) is 4.66. The first kappa shape index (κ1) is 21.0. The van der Waals surface area contributed by atoms with Crippen LogP contribution in [0.25, 0.3) is 0 Å². The van der Waals surface area contributed by atoms with Gasteiger partial charge < -0.3 is 0 Å². The van der Waals surface area contributed by atoms with Crippen LogP contribution in [0.2, 0.25) is 5.02 Å². The Labute approximate surface area is 169 Å². The van der Waals surface area contributed by atoms with Gasteiger partial charge in [0.15, 0.2) is 9.84 Å². The third kappa shape index (κ3) is 5.87. The predicted molar refractivity (Wildman–Crippen MR) is 115 cm³/mol. The van der Waals surface area contributed by atoms with Gasteiger partial charge in [-0.2, -0.15) is 5.10 Å². The number of benzene rings is 1. The number of thiocarbonyl (C=S) groups is 1. The van der Waals surface area contributed by atoms with E-state index in [9.17, 15) is 8.42 Å². The average Bonchev–Trinajstić information content (AvgIpc) is 3.03. The summed E-state index contributed by atoms with van der Waals surface area (Å²) in [7, 11) is -3.08. The van der Waals surface area contributed by atoms with Crippen LogP contribution in [0.1, 0.15) is 36.1 Å². The first-order chi connectivity index (χ1) is 12.2. The molecule has 8 heteroatoms. The van der Waals surface area contributed by atoms with Crippen molar-refractivity contribution in [1.82, 2.24) is 5.43 Å². The molecule has 2 rings (SSSR count). The van der Waals surface area contributed by atoms with Crippen LogP contribution in [0.5, 0.6) is 0 Å². The van der Waals surface area contributed by atoms with Gasteiger partial charge in [0.2, 0.25) is 0 Å². The number of hydrogen-bond acceptors (Lipinski definition) is 5. The van der Waals surface area contributed by atoms with Gasteiger partial charge in [-0.05, 0) is 24.3 Å². The standard InChI is InChI=1S/C18H21ClN2O2S3/c1-4-26(22,23)11-15-9-10-16(25-15)17(20-21-18(24)12(2)3)13-5-7-14(19)8-6-13/h5-10,12H,4,11H2,1-3H3,(H,21,24). The summed E-state index contributed by atoms with van der Waals surface area (Å²) in [6.45, 7) is 5.64. The SMILES string of the molecule is CCS(=O)(=O)Cc1ccc(C(=NNC(=S)C(C)C)c2ccc(Cl)cc2)s1. The van der Waals surface area contributed by atoms with Gasteiger partial charge in [0.05, 0.1) is 15.6 Å². The van der Waals surface area contributed by atoms with E-state index in [1.807, 2.05) is 38.1 Å². The zero-order valence-corrected chi connectivity index (χ0v) is 18.0. The van der Waals surface area contributed by atoms with Gasteiger partial charge in [0, 0.05) is 27.1 Å². The van der Waals surface area contributed by atoms with Gasteiger partial charge in [-0.15, -0.1) is 11.3 Å². The summed E-state index contributed by atoms with van der Waals surface area (Å²) in [5, 5.41) is 5.13. The molecule has 0 fully saturated rings. The lowest BCUT2D eigenvalue weighted by atomic mass is 10.1. The average molecular weight is 429 g/mol. The van der Waals surface area contributed by atoms with E-state index in [1.54, 1.807) is 19.1 Å². The van der Waals surface area contributed by atoms with Crippen LogP contribution < -0.4 is 5.43 Å². The fourth-order valence-electron chi connectivity index (χ4n) is 2.01. The first-order valence-electron chi connectivity index (χ1n) is 8.15. The molecule has 1 N–H and O–H groups in total. The minimum absolute atomic E-state index is 0.0416. The minimum Gasteiger partial charge on any atom is -0.271 e. The van der Waals surface area contributed by atoms with E-state index < -0.39 is 9.84 Å². The van der Waals surface area contributed by atoms with Crippen molar-refractivity contribution in [3.05, 3.63) is 56.7 Å². The van der Waals surface area contributed by atoms with Crippen LogP contribution in [0, 0.1) is 5.92 Å². The smallest absolute Gasteiger partial charge is 0.154 e. The van der Waals surface area contributed by atoms with E-state index >= 15 is 0 Å². The van der Waals surface area contributed by atoms with Gasteiger partial charge in [0.1, 0.15) is 5.71 Å². The summed E-state index contributed by atoms with van der Waals surface area (Å²) < 4.78 is 23.8. The Balaban J connectivity index is 2.38. The Morgan fingerprint density at radius 3 is 2.46 bits per heavy atom. The molecule has 0 saturated heterocycles. The molecule has 0 unspecified atom stereocenters. The first-order valence-corrected chi connectivity index (χ1v) is 11.6. The molecular formula is C18H21ClN2O2S3. The van der Waals surface area contributed by atoms with Crippen LogP contribution in [-0.4, -0.2) is 24.9 Å². The van der Waals surface area contributed by atoms with Crippen molar-refractivity contribution in [3.63, 3.8) is 0 Å². The highest BCUT2D eigenvalue weighted by atomic mass is 35.5. The van der Waals surface area contributed by atoms with Gasteiger partial charge in [-0.3, -0.25) is 5.43 Å². The van der Waals surface area contributed by atoms with E-state index in [0.29, 0.717) is 15.7 Å². The molecule has 0 aliphatic rings. The van der Waals surface area contributed by atoms with E-state index in [4.69, 9.17) is 23.8 Å². The molecule has 0 amide bonds. The molecule has 140 valence electrons. The molecular weight excluding hydrogens is 408 g/mol. The highest BCUT2D eigenvalue weighted by Crippen LogP contribution is 2.23. The zero-order chi connectivity index (χ0) is 19.3. The Bertz CT molecular complexity index is 901. The van der Waals surface area contributed by atoms with Gasteiger partial charge >= 0.3 is 0 Å². The number of nitrogens with zero attached hydrogens (tertiary/aromatic N) is 1. The van der Waals surface area contributed by atoms with Crippen molar-refractivity contribution in [1.29, 1.82) is 0 Å². The highest BCUT2D eigenvalue weighted by Gasteiger charge is 2.15. The number of thiophene rings is 1. The molecule has 0 bridgehead atoms. The lowest BCUT2D eigenvalue weighted by Crippen LogP contribution is -2.22. The maximum Gasteiger partial charge on any atom is 0.154 e. The molecule has 0 aliphatic heterocycles. The Hall–Kier alpha value is -1.28. The monoisotopic (exact) mass is 428 g/mol. The van der Waals surface area contributed by atoms with E-state index in [2.05, 4.69) is 10.5 Å². The number of nitrogens with one attached hydrogen (secondary N) is 1. The van der Waals surface area contributed by atoms with E-state index in [-0.39, 0.29) is 17.4 Å². The number of rotatable bonds is 7. The second-order valence-corrected chi connectivity index (χ2v) is 10.4. The van der Waals surface area contributed by atoms with Crippen molar-refractivity contribution in [2.45, 2.75) is 26.5 Å². The largest absolute Gasteiger partial charge is 0.271 e. The molecule has 0 aliphatic carbocycles. The molecule has 1 heterocycles. The van der Waals surface area contributed by atoms with E-state index in [1.165, 1.54) is 11.3 Å². The number of sulfone groups is 1. The van der Waals surface area contributed by atoms with Gasteiger partial charge in [-0.1, -0.05) is 56.7 Å². The Kier molecular flexibility index (Phi) is 7.34. The molecule has 1 aromatic heterocycles. The summed E-state index contributed by atoms with van der Waals surface area (Å²) in [6, 6.07) is 11.1. The molecule has 26 heavy (non-hydrogen) atoms. The molecule has 4 nitrogen and oxygen atoms in total. The van der Waals surface area contributed by atoms with E-state index in [0.717, 1.165) is 15.3 Å². The van der Waals surface area contributed by atoms with Gasteiger partial charge in [0.25, 0.3) is 0 Å². The summed E-state index contributed by atoms with van der Waals surface area (Å²) in [6.07, 6.45) is 0. The summed E-state index contributed by atoms with van der Waals surface area (Å²) in [4.78, 5) is 2.30. The second kappa shape index (κ2) is 9.08. The normalized spacial score (nSPS) is 12.4. The number of hydrogen-bond donors (Lipinski definition) is 1. The fraction of sp³-hybridized carbons (Fsp3) is 0.333. The number of hydrazone groups is 1. The molecule has 0 saturated carbocycles. The molecule has 1 aromatic carbocycles. The lowest BCUT2D eigenvalue weighted by Gasteiger charge is -2.09. The van der Waals surface area contributed by atoms with Crippen LogP contribution in [0.15, 0.2) is 41.5 Å². The van der Waals surface area contributed by atoms with Gasteiger partial charge in [-0.25, -0.2) is 8.42 Å². The van der Waals surface area contributed by atoms with Crippen molar-refractivity contribution in [2.75, 3.05) is 5.75 Å². The molecule has 0 radical (unpaired) electrons. The van der Waals surface area contributed by atoms with Crippen LogP contribution in [0.4, 0.5) is 0 Å². The fourth-order valence-corrected chi connectivity index (χ4v) is 4.51. The Morgan fingerprint density at radius 2 is 1.88 bits per heavy atom. The topological polar surface area (TPSA) is 58.5 Å². The lowest BCUT2D eigenvalue weighted by molar-refractivity contribution is 0.597. The third-order valence-electron chi connectivity index (χ3n) is 3.62. The quantitative estimate of drug-likeness (QED) is 0.395. The molecule has 2 aromatic rings. The minimum atomic E-state index is -3.08. The van der Waals surface area contributed by atoms with Crippen LogP contribution in [-0.2, 0) is 15.6 Å². The highest BCUT2D eigenvalue weighted by molar-refractivity contribution is 7.90.